The van der Waals surface area contributed by atoms with Crippen molar-refractivity contribution in [2.45, 2.75) is 0 Å². The van der Waals surface area contributed by atoms with E-state index in [0.717, 1.165) is 0 Å². The van der Waals surface area contributed by atoms with Crippen molar-refractivity contribution in [3.8, 4) is 16.8 Å². The van der Waals surface area contributed by atoms with Crippen LogP contribution in [0.15, 0.2) is 134 Å². The van der Waals surface area contributed by atoms with Gasteiger partial charge in [0.2, 0.25) is 0 Å². The number of hydrogen-bond acceptors (Lipinski definition) is 1. The van der Waals surface area contributed by atoms with E-state index in [-0.39, 0.29) is 0 Å². The highest BCUT2D eigenvalue weighted by molar-refractivity contribution is 6.25. The Labute approximate surface area is 214 Å². The summed E-state index contributed by atoms with van der Waals surface area (Å²) in [4.78, 5) is 4.41. The van der Waals surface area contributed by atoms with Crippen molar-refractivity contribution >= 4 is 54.1 Å². The second-order valence-electron chi connectivity index (χ2n) is 9.65. The topological polar surface area (TPSA) is 17.8 Å². The normalized spacial score (nSPS) is 11.8. The summed E-state index contributed by atoms with van der Waals surface area (Å²) in [5.74, 6) is 0. The second kappa shape index (κ2) is 7.78. The fourth-order valence-electron chi connectivity index (χ4n) is 6.00. The van der Waals surface area contributed by atoms with Crippen LogP contribution >= 0.6 is 0 Å². The van der Waals surface area contributed by atoms with Gasteiger partial charge in [0.25, 0.3) is 0 Å². The van der Waals surface area contributed by atoms with Gasteiger partial charge in [0.15, 0.2) is 0 Å². The van der Waals surface area contributed by atoms with Crippen LogP contribution in [0.2, 0.25) is 0 Å². The van der Waals surface area contributed by atoms with Gasteiger partial charge in [-0.15, -0.1) is 0 Å². The third kappa shape index (κ3) is 2.96. The van der Waals surface area contributed by atoms with Gasteiger partial charge in [-0.3, -0.25) is 4.98 Å². The lowest BCUT2D eigenvalue weighted by Gasteiger charge is -2.13. The van der Waals surface area contributed by atoms with E-state index in [1.807, 2.05) is 12.4 Å². The number of fused-ring (bicyclic) bond motifs is 9. The Bertz CT molecular complexity index is 2060. The highest BCUT2D eigenvalue weighted by Gasteiger charge is 2.13. The first-order valence-electron chi connectivity index (χ1n) is 12.6. The maximum Gasteiger partial charge on any atom is 0.0541 e. The van der Waals surface area contributed by atoms with Gasteiger partial charge >= 0.3 is 0 Å². The van der Waals surface area contributed by atoms with Gasteiger partial charge in [-0.05, 0) is 74.5 Å². The number of para-hydroxylation sites is 2. The van der Waals surface area contributed by atoms with Crippen LogP contribution < -0.4 is 0 Å². The molecule has 6 aromatic carbocycles. The molecule has 172 valence electrons. The number of rotatable bonds is 2. The average molecular weight is 471 g/mol. The first-order valence-corrected chi connectivity index (χ1v) is 12.6. The maximum atomic E-state index is 4.41. The summed E-state index contributed by atoms with van der Waals surface area (Å²) in [5.41, 5.74) is 6.05. The van der Waals surface area contributed by atoms with E-state index in [9.17, 15) is 0 Å². The van der Waals surface area contributed by atoms with Crippen molar-refractivity contribution < 1.29 is 0 Å². The van der Waals surface area contributed by atoms with Crippen LogP contribution in [0.3, 0.4) is 0 Å². The second-order valence-corrected chi connectivity index (χ2v) is 9.65. The Hall–Kier alpha value is -4.95. The van der Waals surface area contributed by atoms with E-state index in [2.05, 4.69) is 131 Å². The highest BCUT2D eigenvalue weighted by atomic mass is 15.0. The standard InChI is InChI=1S/C35H22N2/c1-2-11-27-26(10-1)32-21-24(16-17-28(32)29-18-19-36-22-33(27)29)23-8-7-9-25(20-23)37-34-14-5-3-12-30(34)31-13-4-6-15-35(31)37/h1-22H. The summed E-state index contributed by atoms with van der Waals surface area (Å²) in [6.07, 6.45) is 3.87. The van der Waals surface area contributed by atoms with Gasteiger partial charge in [-0.25, -0.2) is 0 Å². The largest absolute Gasteiger partial charge is 0.309 e. The van der Waals surface area contributed by atoms with Crippen LogP contribution in [0.25, 0.3) is 70.9 Å². The molecule has 2 nitrogen and oxygen atoms in total. The zero-order chi connectivity index (χ0) is 24.3. The zero-order valence-corrected chi connectivity index (χ0v) is 20.1. The molecule has 0 saturated heterocycles. The smallest absolute Gasteiger partial charge is 0.0541 e. The SMILES string of the molecule is c1cc(-c2ccc3c4ccncc4c4ccccc4c3c2)cc(-n2c3ccccc3c3ccccc32)c1. The Morgan fingerprint density at radius 3 is 1.76 bits per heavy atom. The molecule has 0 N–H and O–H groups in total. The van der Waals surface area contributed by atoms with Crippen LogP contribution in [-0.4, -0.2) is 9.55 Å². The molecule has 0 bridgehead atoms. The lowest BCUT2D eigenvalue weighted by molar-refractivity contribution is 1.18. The third-order valence-electron chi connectivity index (χ3n) is 7.66. The molecule has 2 heteroatoms. The molecule has 2 aromatic heterocycles. The van der Waals surface area contributed by atoms with Crippen LogP contribution in [0.1, 0.15) is 0 Å². The first-order chi connectivity index (χ1) is 18.4. The number of pyridine rings is 1. The molecule has 0 aliphatic rings. The minimum absolute atomic E-state index is 1.17. The molecular weight excluding hydrogens is 448 g/mol. The predicted octanol–water partition coefficient (Wildman–Crippen LogP) is 9.31. The number of aromatic nitrogens is 2. The van der Waals surface area contributed by atoms with E-state index < -0.39 is 0 Å². The van der Waals surface area contributed by atoms with Crippen LogP contribution in [0, 0.1) is 0 Å². The van der Waals surface area contributed by atoms with E-state index in [1.165, 1.54) is 70.9 Å². The molecule has 8 aromatic rings. The summed E-state index contributed by atoms with van der Waals surface area (Å²) in [6.45, 7) is 0. The minimum atomic E-state index is 1.17. The Balaban J connectivity index is 1.38. The molecule has 0 saturated carbocycles. The number of benzene rings is 6. The monoisotopic (exact) mass is 470 g/mol. The van der Waals surface area contributed by atoms with Crippen LogP contribution in [0.4, 0.5) is 0 Å². The molecule has 0 unspecified atom stereocenters. The van der Waals surface area contributed by atoms with Crippen molar-refractivity contribution in [1.82, 2.24) is 9.55 Å². The van der Waals surface area contributed by atoms with E-state index >= 15 is 0 Å². The third-order valence-corrected chi connectivity index (χ3v) is 7.66. The molecule has 2 heterocycles. The fourth-order valence-corrected chi connectivity index (χ4v) is 6.00. The van der Waals surface area contributed by atoms with Gasteiger partial charge in [-0.2, -0.15) is 0 Å². The van der Waals surface area contributed by atoms with Gasteiger partial charge < -0.3 is 4.57 Å². The Morgan fingerprint density at radius 1 is 0.405 bits per heavy atom. The number of hydrogen-bond donors (Lipinski definition) is 0. The molecule has 0 spiro atoms. The van der Waals surface area contributed by atoms with Gasteiger partial charge in [-0.1, -0.05) is 84.9 Å². The van der Waals surface area contributed by atoms with Crippen LogP contribution in [-0.2, 0) is 0 Å². The fraction of sp³-hybridized carbons (Fsp3) is 0. The molecule has 8 rings (SSSR count). The van der Waals surface area contributed by atoms with Crippen molar-refractivity contribution in [3.05, 3.63) is 134 Å². The lowest BCUT2D eigenvalue weighted by Crippen LogP contribution is -1.94. The van der Waals surface area contributed by atoms with Gasteiger partial charge in [0.05, 0.1) is 11.0 Å². The van der Waals surface area contributed by atoms with Crippen molar-refractivity contribution in [2.24, 2.45) is 0 Å². The molecular formula is C35H22N2. The minimum Gasteiger partial charge on any atom is -0.309 e. The Morgan fingerprint density at radius 2 is 1.00 bits per heavy atom. The Kier molecular flexibility index (Phi) is 4.26. The van der Waals surface area contributed by atoms with Gasteiger partial charge in [0.1, 0.15) is 0 Å². The summed E-state index contributed by atoms with van der Waals surface area (Å²) < 4.78 is 2.38. The summed E-state index contributed by atoms with van der Waals surface area (Å²) in [5, 5.41) is 10.0. The van der Waals surface area contributed by atoms with Crippen molar-refractivity contribution in [2.75, 3.05) is 0 Å². The first kappa shape index (κ1) is 20.3. The van der Waals surface area contributed by atoms with Crippen LogP contribution in [0.5, 0.6) is 0 Å². The molecule has 0 atom stereocenters. The van der Waals surface area contributed by atoms with Gasteiger partial charge in [0, 0.05) is 34.2 Å². The molecule has 0 radical (unpaired) electrons. The summed E-state index contributed by atoms with van der Waals surface area (Å²) in [6, 6.07) is 43.9. The van der Waals surface area contributed by atoms with Crippen molar-refractivity contribution in [1.29, 1.82) is 0 Å². The van der Waals surface area contributed by atoms with E-state index in [4.69, 9.17) is 0 Å². The average Bonchev–Trinajstić information content (AvgIpc) is 3.32. The summed E-state index contributed by atoms with van der Waals surface area (Å²) >= 11 is 0. The summed E-state index contributed by atoms with van der Waals surface area (Å²) in [7, 11) is 0. The molecule has 37 heavy (non-hydrogen) atoms. The molecule has 0 aliphatic heterocycles. The maximum absolute atomic E-state index is 4.41. The molecule has 0 aliphatic carbocycles. The lowest BCUT2D eigenvalue weighted by atomic mass is 9.93. The molecule has 0 fully saturated rings. The van der Waals surface area contributed by atoms with Crippen molar-refractivity contribution in [3.63, 3.8) is 0 Å². The van der Waals surface area contributed by atoms with E-state index in [0.29, 0.717) is 0 Å². The molecule has 0 amide bonds. The number of nitrogens with zero attached hydrogens (tertiary/aromatic N) is 2. The quantitative estimate of drug-likeness (QED) is 0.230. The highest BCUT2D eigenvalue weighted by Crippen LogP contribution is 2.38. The predicted molar refractivity (Wildman–Crippen MR) is 157 cm³/mol. The van der Waals surface area contributed by atoms with E-state index in [1.54, 1.807) is 0 Å². The zero-order valence-electron chi connectivity index (χ0n) is 20.1.